The minimum absolute atomic E-state index is 0.697. The quantitative estimate of drug-likeness (QED) is 0.401. The van der Waals surface area contributed by atoms with Gasteiger partial charge in [0.15, 0.2) is 0 Å². The van der Waals surface area contributed by atoms with Crippen LogP contribution in [-0.4, -0.2) is 18.1 Å². The molecule has 1 atom stereocenters. The van der Waals surface area contributed by atoms with E-state index in [4.69, 9.17) is 9.47 Å². The molecular formula is C14H21IO2. The maximum atomic E-state index is 5.64. The molecule has 0 spiro atoms. The Hall–Kier alpha value is -0.290. The van der Waals surface area contributed by atoms with Crippen molar-refractivity contribution in [2.24, 2.45) is 5.92 Å². The lowest BCUT2D eigenvalue weighted by Gasteiger charge is -2.08. The fourth-order valence-electron chi connectivity index (χ4n) is 1.52. The molecule has 0 unspecified atom stereocenters. The normalized spacial score (nSPS) is 12.4. The smallest absolute Gasteiger partial charge is 0.118 e. The molecule has 0 heterocycles. The van der Waals surface area contributed by atoms with Crippen molar-refractivity contribution >= 4 is 22.6 Å². The molecule has 0 aliphatic rings. The summed E-state index contributed by atoms with van der Waals surface area (Å²) in [6, 6.07) is 8.03. The first-order valence-electron chi connectivity index (χ1n) is 6.03. The molecule has 96 valence electrons. The van der Waals surface area contributed by atoms with Crippen LogP contribution in [0.5, 0.6) is 5.75 Å². The first kappa shape index (κ1) is 14.8. The number of alkyl halides is 1. The Morgan fingerprint density at radius 1 is 1.24 bits per heavy atom. The van der Waals surface area contributed by atoms with E-state index in [0.717, 1.165) is 24.7 Å². The van der Waals surface area contributed by atoms with Gasteiger partial charge < -0.3 is 9.47 Å². The molecule has 1 aromatic rings. The standard InChI is InChI=1S/C14H21IO2/c1-12(10-15)4-3-9-17-11-13-5-7-14(16-2)8-6-13/h5-8,12H,3-4,9-11H2,1-2H3/t12-/m0/s1. The zero-order chi connectivity index (χ0) is 12.5. The number of ether oxygens (including phenoxy) is 2. The van der Waals surface area contributed by atoms with Crippen molar-refractivity contribution in [3.05, 3.63) is 29.8 Å². The number of methoxy groups -OCH3 is 1. The minimum atomic E-state index is 0.697. The summed E-state index contributed by atoms with van der Waals surface area (Å²) in [5, 5.41) is 0. The zero-order valence-electron chi connectivity index (χ0n) is 10.6. The third kappa shape index (κ3) is 6.27. The van der Waals surface area contributed by atoms with Crippen LogP contribution in [0, 0.1) is 5.92 Å². The second-order valence-electron chi connectivity index (χ2n) is 4.30. The van der Waals surface area contributed by atoms with Crippen molar-refractivity contribution in [3.63, 3.8) is 0 Å². The van der Waals surface area contributed by atoms with E-state index in [2.05, 4.69) is 29.5 Å². The topological polar surface area (TPSA) is 18.5 Å². The molecule has 0 aromatic heterocycles. The van der Waals surface area contributed by atoms with E-state index >= 15 is 0 Å². The van der Waals surface area contributed by atoms with Crippen LogP contribution in [0.3, 0.4) is 0 Å². The first-order valence-corrected chi connectivity index (χ1v) is 7.55. The van der Waals surface area contributed by atoms with Gasteiger partial charge in [-0.3, -0.25) is 0 Å². The average molecular weight is 348 g/mol. The van der Waals surface area contributed by atoms with Gasteiger partial charge in [-0.15, -0.1) is 0 Å². The third-order valence-corrected chi connectivity index (χ3v) is 4.18. The summed E-state index contributed by atoms with van der Waals surface area (Å²) in [6.45, 7) is 3.84. The Balaban J connectivity index is 2.13. The first-order chi connectivity index (χ1) is 8.26. The maximum Gasteiger partial charge on any atom is 0.118 e. The fourth-order valence-corrected chi connectivity index (χ4v) is 1.96. The van der Waals surface area contributed by atoms with Gasteiger partial charge in [0.1, 0.15) is 5.75 Å². The van der Waals surface area contributed by atoms with Gasteiger partial charge in [0, 0.05) is 11.0 Å². The van der Waals surface area contributed by atoms with Crippen LogP contribution in [0.25, 0.3) is 0 Å². The highest BCUT2D eigenvalue weighted by molar-refractivity contribution is 14.1. The van der Waals surface area contributed by atoms with Gasteiger partial charge in [-0.05, 0) is 36.5 Å². The molecule has 2 nitrogen and oxygen atoms in total. The van der Waals surface area contributed by atoms with E-state index in [1.165, 1.54) is 16.4 Å². The van der Waals surface area contributed by atoms with E-state index < -0.39 is 0 Å². The van der Waals surface area contributed by atoms with Gasteiger partial charge in [0.2, 0.25) is 0 Å². The van der Waals surface area contributed by atoms with Crippen LogP contribution in [0.2, 0.25) is 0 Å². The van der Waals surface area contributed by atoms with Crippen molar-refractivity contribution in [2.75, 3.05) is 18.1 Å². The molecule has 0 saturated heterocycles. The summed E-state index contributed by atoms with van der Waals surface area (Å²) in [5.74, 6) is 1.70. The number of rotatable bonds is 8. The molecular weight excluding hydrogens is 327 g/mol. The maximum absolute atomic E-state index is 5.64. The Bertz CT molecular complexity index is 298. The van der Waals surface area contributed by atoms with Crippen LogP contribution < -0.4 is 4.74 Å². The van der Waals surface area contributed by atoms with E-state index in [1.54, 1.807) is 7.11 Å². The summed E-state index contributed by atoms with van der Waals surface area (Å²) in [4.78, 5) is 0. The minimum Gasteiger partial charge on any atom is -0.497 e. The summed E-state index contributed by atoms with van der Waals surface area (Å²) in [7, 11) is 1.68. The Morgan fingerprint density at radius 2 is 1.94 bits per heavy atom. The van der Waals surface area contributed by atoms with Gasteiger partial charge in [0.25, 0.3) is 0 Å². The second kappa shape index (κ2) is 8.75. The van der Waals surface area contributed by atoms with E-state index in [-0.39, 0.29) is 0 Å². The predicted octanol–water partition coefficient (Wildman–Crippen LogP) is 4.06. The van der Waals surface area contributed by atoms with Crippen LogP contribution in [0.4, 0.5) is 0 Å². The van der Waals surface area contributed by atoms with Gasteiger partial charge in [0.05, 0.1) is 13.7 Å². The second-order valence-corrected chi connectivity index (χ2v) is 5.18. The number of halogens is 1. The highest BCUT2D eigenvalue weighted by atomic mass is 127. The number of hydrogen-bond acceptors (Lipinski definition) is 2. The molecule has 0 aliphatic carbocycles. The van der Waals surface area contributed by atoms with Gasteiger partial charge in [-0.2, -0.15) is 0 Å². The van der Waals surface area contributed by atoms with Crippen molar-refractivity contribution in [1.82, 2.24) is 0 Å². The van der Waals surface area contributed by atoms with Crippen molar-refractivity contribution in [3.8, 4) is 5.75 Å². The molecule has 17 heavy (non-hydrogen) atoms. The summed E-state index contributed by atoms with van der Waals surface area (Å²) in [6.07, 6.45) is 2.41. The van der Waals surface area contributed by atoms with E-state index in [9.17, 15) is 0 Å². The highest BCUT2D eigenvalue weighted by Crippen LogP contribution is 2.13. The zero-order valence-corrected chi connectivity index (χ0v) is 12.8. The molecule has 0 bridgehead atoms. The Kier molecular flexibility index (Phi) is 7.60. The summed E-state index contributed by atoms with van der Waals surface area (Å²) < 4.78 is 12.0. The number of benzene rings is 1. The summed E-state index contributed by atoms with van der Waals surface area (Å²) >= 11 is 2.44. The Labute approximate surface area is 118 Å². The van der Waals surface area contributed by atoms with Gasteiger partial charge >= 0.3 is 0 Å². The lowest BCUT2D eigenvalue weighted by atomic mass is 10.1. The predicted molar refractivity (Wildman–Crippen MR) is 79.9 cm³/mol. The van der Waals surface area contributed by atoms with Gasteiger partial charge in [-0.1, -0.05) is 41.6 Å². The lowest BCUT2D eigenvalue weighted by molar-refractivity contribution is 0.115. The molecule has 0 aliphatic heterocycles. The molecule has 0 fully saturated rings. The molecule has 0 amide bonds. The van der Waals surface area contributed by atoms with Crippen molar-refractivity contribution < 1.29 is 9.47 Å². The van der Waals surface area contributed by atoms with E-state index in [0.29, 0.717) is 6.61 Å². The highest BCUT2D eigenvalue weighted by Gasteiger charge is 1.99. The number of hydrogen-bond donors (Lipinski definition) is 0. The molecule has 0 radical (unpaired) electrons. The molecule has 0 N–H and O–H groups in total. The van der Waals surface area contributed by atoms with Crippen LogP contribution in [-0.2, 0) is 11.3 Å². The Morgan fingerprint density at radius 3 is 2.53 bits per heavy atom. The largest absolute Gasteiger partial charge is 0.497 e. The van der Waals surface area contributed by atoms with Crippen LogP contribution in [0.1, 0.15) is 25.3 Å². The van der Waals surface area contributed by atoms with Crippen molar-refractivity contribution in [1.29, 1.82) is 0 Å². The summed E-state index contributed by atoms with van der Waals surface area (Å²) in [5.41, 5.74) is 1.20. The molecule has 1 aromatic carbocycles. The average Bonchev–Trinajstić information content (AvgIpc) is 2.38. The van der Waals surface area contributed by atoms with Crippen molar-refractivity contribution in [2.45, 2.75) is 26.4 Å². The fraction of sp³-hybridized carbons (Fsp3) is 0.571. The van der Waals surface area contributed by atoms with E-state index in [1.807, 2.05) is 24.3 Å². The molecule has 3 heteroatoms. The van der Waals surface area contributed by atoms with Crippen LogP contribution in [0.15, 0.2) is 24.3 Å². The monoisotopic (exact) mass is 348 g/mol. The molecule has 1 rings (SSSR count). The SMILES string of the molecule is COc1ccc(COCCC[C@H](C)CI)cc1. The lowest BCUT2D eigenvalue weighted by Crippen LogP contribution is -2.00. The third-order valence-electron chi connectivity index (χ3n) is 2.68. The molecule has 0 saturated carbocycles. The van der Waals surface area contributed by atoms with Crippen LogP contribution >= 0.6 is 22.6 Å². The van der Waals surface area contributed by atoms with Gasteiger partial charge in [-0.25, -0.2) is 0 Å².